The van der Waals surface area contributed by atoms with Gasteiger partial charge < -0.3 is 10.2 Å². The maximum Gasteiger partial charge on any atom is 0.231 e. The van der Waals surface area contributed by atoms with E-state index in [-0.39, 0.29) is 5.91 Å². The van der Waals surface area contributed by atoms with Crippen LogP contribution in [-0.2, 0) is 17.8 Å². The molecule has 0 spiro atoms. The Bertz CT molecular complexity index is 639. The van der Waals surface area contributed by atoms with Crippen molar-refractivity contribution >= 4 is 23.2 Å². The van der Waals surface area contributed by atoms with Gasteiger partial charge in [0.15, 0.2) is 0 Å². The number of hydrogen-bond donors (Lipinski definition) is 1. The van der Waals surface area contributed by atoms with Gasteiger partial charge in [0.25, 0.3) is 0 Å². The van der Waals surface area contributed by atoms with Crippen molar-refractivity contribution in [3.63, 3.8) is 0 Å². The molecule has 1 heterocycles. The van der Waals surface area contributed by atoms with Crippen molar-refractivity contribution in [3.05, 3.63) is 64.7 Å². The lowest BCUT2D eigenvalue weighted by molar-refractivity contribution is -0.118. The number of carbonyl (C=O) groups is 1. The lowest BCUT2D eigenvalue weighted by Crippen LogP contribution is -2.35. The highest BCUT2D eigenvalue weighted by Crippen LogP contribution is 2.23. The van der Waals surface area contributed by atoms with Crippen molar-refractivity contribution < 1.29 is 4.79 Å². The van der Waals surface area contributed by atoms with Gasteiger partial charge in [0, 0.05) is 30.3 Å². The first-order valence-corrected chi connectivity index (χ1v) is 7.45. The van der Waals surface area contributed by atoms with E-state index in [1.807, 2.05) is 47.4 Å². The van der Waals surface area contributed by atoms with Crippen LogP contribution in [0.3, 0.4) is 0 Å². The predicted octanol–water partition coefficient (Wildman–Crippen LogP) is 3.02. The molecule has 1 N–H and O–H groups in total. The molecule has 0 bridgehead atoms. The van der Waals surface area contributed by atoms with Crippen LogP contribution in [0.4, 0.5) is 5.69 Å². The van der Waals surface area contributed by atoms with Gasteiger partial charge in [-0.2, -0.15) is 0 Å². The van der Waals surface area contributed by atoms with E-state index in [0.717, 1.165) is 24.3 Å². The topological polar surface area (TPSA) is 32.3 Å². The molecule has 0 unspecified atom stereocenters. The van der Waals surface area contributed by atoms with Crippen molar-refractivity contribution in [1.82, 2.24) is 5.32 Å². The average molecular weight is 301 g/mol. The molecule has 1 amide bonds. The SMILES string of the molecule is O=C(Cc1ccc(Cl)cc1)N1CCNCc2ccccc21. The molecule has 2 aromatic rings. The summed E-state index contributed by atoms with van der Waals surface area (Å²) in [6, 6.07) is 15.5. The number of nitrogens with zero attached hydrogens (tertiary/aromatic N) is 1. The van der Waals surface area contributed by atoms with E-state index in [1.165, 1.54) is 5.56 Å². The van der Waals surface area contributed by atoms with Crippen LogP contribution >= 0.6 is 11.6 Å². The van der Waals surface area contributed by atoms with Crippen LogP contribution in [0.1, 0.15) is 11.1 Å². The third kappa shape index (κ3) is 3.26. The fourth-order valence-electron chi connectivity index (χ4n) is 2.59. The largest absolute Gasteiger partial charge is 0.311 e. The highest BCUT2D eigenvalue weighted by Gasteiger charge is 2.20. The van der Waals surface area contributed by atoms with E-state index in [9.17, 15) is 4.79 Å². The van der Waals surface area contributed by atoms with Crippen molar-refractivity contribution in [2.75, 3.05) is 18.0 Å². The Hall–Kier alpha value is -1.84. The quantitative estimate of drug-likeness (QED) is 0.924. The van der Waals surface area contributed by atoms with E-state index in [0.29, 0.717) is 18.0 Å². The Morgan fingerprint density at radius 1 is 1.14 bits per heavy atom. The highest BCUT2D eigenvalue weighted by atomic mass is 35.5. The molecule has 1 aliphatic heterocycles. The predicted molar refractivity (Wildman–Crippen MR) is 85.7 cm³/mol. The summed E-state index contributed by atoms with van der Waals surface area (Å²) in [7, 11) is 0. The number of para-hydroxylation sites is 1. The summed E-state index contributed by atoms with van der Waals surface area (Å²) >= 11 is 5.88. The maximum atomic E-state index is 12.6. The van der Waals surface area contributed by atoms with Crippen molar-refractivity contribution in [2.45, 2.75) is 13.0 Å². The zero-order valence-electron chi connectivity index (χ0n) is 11.7. The fraction of sp³-hybridized carbons (Fsp3) is 0.235. The van der Waals surface area contributed by atoms with E-state index in [2.05, 4.69) is 11.4 Å². The number of nitrogens with one attached hydrogen (secondary N) is 1. The molecule has 0 radical (unpaired) electrons. The molecule has 0 atom stereocenters. The molecule has 1 aliphatic rings. The molecule has 108 valence electrons. The molecular weight excluding hydrogens is 284 g/mol. The second-order valence-electron chi connectivity index (χ2n) is 5.15. The number of hydrogen-bond acceptors (Lipinski definition) is 2. The Morgan fingerprint density at radius 2 is 1.90 bits per heavy atom. The summed E-state index contributed by atoms with van der Waals surface area (Å²) in [5.74, 6) is 0.119. The summed E-state index contributed by atoms with van der Waals surface area (Å²) in [5, 5.41) is 4.04. The number of carbonyl (C=O) groups excluding carboxylic acids is 1. The Morgan fingerprint density at radius 3 is 2.71 bits per heavy atom. The second kappa shape index (κ2) is 6.29. The van der Waals surface area contributed by atoms with Crippen LogP contribution in [-0.4, -0.2) is 19.0 Å². The summed E-state index contributed by atoms with van der Waals surface area (Å²) in [5.41, 5.74) is 3.17. The summed E-state index contributed by atoms with van der Waals surface area (Å²) in [6.45, 7) is 2.31. The molecule has 0 aromatic heterocycles. The van der Waals surface area contributed by atoms with Gasteiger partial charge in [-0.05, 0) is 29.3 Å². The van der Waals surface area contributed by atoms with Crippen LogP contribution in [0.25, 0.3) is 0 Å². The normalized spacial score (nSPS) is 14.4. The molecule has 2 aromatic carbocycles. The minimum absolute atomic E-state index is 0.119. The van der Waals surface area contributed by atoms with Crippen LogP contribution < -0.4 is 10.2 Å². The van der Waals surface area contributed by atoms with Crippen molar-refractivity contribution in [3.8, 4) is 0 Å². The third-order valence-electron chi connectivity index (χ3n) is 3.68. The lowest BCUT2D eigenvalue weighted by atomic mass is 10.1. The van der Waals surface area contributed by atoms with Crippen LogP contribution in [0.2, 0.25) is 5.02 Å². The fourth-order valence-corrected chi connectivity index (χ4v) is 2.72. The minimum Gasteiger partial charge on any atom is -0.311 e. The summed E-state index contributed by atoms with van der Waals surface area (Å²) in [4.78, 5) is 14.5. The van der Waals surface area contributed by atoms with Gasteiger partial charge in [-0.15, -0.1) is 0 Å². The van der Waals surface area contributed by atoms with Gasteiger partial charge in [-0.25, -0.2) is 0 Å². The van der Waals surface area contributed by atoms with Crippen LogP contribution in [0, 0.1) is 0 Å². The number of halogens is 1. The standard InChI is InChI=1S/C17H17ClN2O/c18-15-7-5-13(6-8-15)11-17(21)20-10-9-19-12-14-3-1-2-4-16(14)20/h1-8,19H,9-12H2. The van der Waals surface area contributed by atoms with Gasteiger partial charge in [0.05, 0.1) is 6.42 Å². The van der Waals surface area contributed by atoms with Gasteiger partial charge in [-0.1, -0.05) is 41.9 Å². The minimum atomic E-state index is 0.119. The number of anilines is 1. The van der Waals surface area contributed by atoms with Gasteiger partial charge in [0.2, 0.25) is 5.91 Å². The van der Waals surface area contributed by atoms with E-state index in [4.69, 9.17) is 11.6 Å². The monoisotopic (exact) mass is 300 g/mol. The van der Waals surface area contributed by atoms with Gasteiger partial charge in [0.1, 0.15) is 0 Å². The molecule has 21 heavy (non-hydrogen) atoms. The maximum absolute atomic E-state index is 12.6. The molecule has 3 nitrogen and oxygen atoms in total. The molecular formula is C17H17ClN2O. The molecule has 0 saturated heterocycles. The van der Waals surface area contributed by atoms with Crippen LogP contribution in [0.15, 0.2) is 48.5 Å². The lowest BCUT2D eigenvalue weighted by Gasteiger charge is -2.22. The summed E-state index contributed by atoms with van der Waals surface area (Å²) < 4.78 is 0. The zero-order valence-corrected chi connectivity index (χ0v) is 12.4. The zero-order chi connectivity index (χ0) is 14.7. The van der Waals surface area contributed by atoms with Crippen molar-refractivity contribution in [2.24, 2.45) is 0 Å². The number of amides is 1. The number of rotatable bonds is 2. The Balaban J connectivity index is 1.82. The van der Waals surface area contributed by atoms with Gasteiger partial charge >= 0.3 is 0 Å². The van der Waals surface area contributed by atoms with E-state index >= 15 is 0 Å². The Labute approximate surface area is 129 Å². The first-order chi connectivity index (χ1) is 10.2. The third-order valence-corrected chi connectivity index (χ3v) is 3.93. The molecule has 0 aliphatic carbocycles. The summed E-state index contributed by atoms with van der Waals surface area (Å²) in [6.07, 6.45) is 0.394. The molecule has 0 fully saturated rings. The smallest absolute Gasteiger partial charge is 0.231 e. The number of benzene rings is 2. The average Bonchev–Trinajstić information content (AvgIpc) is 2.72. The van der Waals surface area contributed by atoms with Gasteiger partial charge in [-0.3, -0.25) is 4.79 Å². The molecule has 3 rings (SSSR count). The highest BCUT2D eigenvalue weighted by molar-refractivity contribution is 6.30. The first-order valence-electron chi connectivity index (χ1n) is 7.07. The number of fused-ring (bicyclic) bond motifs is 1. The van der Waals surface area contributed by atoms with Crippen LogP contribution in [0.5, 0.6) is 0 Å². The Kier molecular flexibility index (Phi) is 4.23. The second-order valence-corrected chi connectivity index (χ2v) is 5.59. The molecule has 0 saturated carbocycles. The van der Waals surface area contributed by atoms with Crippen molar-refractivity contribution in [1.29, 1.82) is 0 Å². The molecule has 4 heteroatoms. The van der Waals surface area contributed by atoms with E-state index < -0.39 is 0 Å². The first kappa shape index (κ1) is 14.1. The van der Waals surface area contributed by atoms with E-state index in [1.54, 1.807) is 0 Å².